The quantitative estimate of drug-likeness (QED) is 0.517. The lowest BCUT2D eigenvalue weighted by Crippen LogP contribution is -2.25. The second-order valence-corrected chi connectivity index (χ2v) is 6.48. The molecule has 27 heavy (non-hydrogen) atoms. The molecule has 0 aliphatic heterocycles. The number of carbonyl (C=O) groups excluding carboxylic acids is 1. The van der Waals surface area contributed by atoms with Crippen LogP contribution in [-0.2, 0) is 4.74 Å². The maximum absolute atomic E-state index is 12.5. The van der Waals surface area contributed by atoms with Gasteiger partial charge in [0.05, 0.1) is 6.61 Å². The highest BCUT2D eigenvalue weighted by molar-refractivity contribution is 7.18. The van der Waals surface area contributed by atoms with E-state index in [1.807, 2.05) is 30.3 Å². The fraction of sp³-hybridized carbons (Fsp3) is 0.118. The summed E-state index contributed by atoms with van der Waals surface area (Å²) in [6, 6.07) is 9.43. The first kappa shape index (κ1) is 16.9. The van der Waals surface area contributed by atoms with Gasteiger partial charge in [-0.3, -0.25) is 14.7 Å². The molecule has 136 valence electrons. The van der Waals surface area contributed by atoms with Gasteiger partial charge >= 0.3 is 5.97 Å². The fourth-order valence-electron chi connectivity index (χ4n) is 2.62. The van der Waals surface area contributed by atoms with Crippen LogP contribution in [0.5, 0.6) is 0 Å². The van der Waals surface area contributed by atoms with E-state index in [1.54, 1.807) is 6.92 Å². The summed E-state index contributed by atoms with van der Waals surface area (Å²) >= 11 is 1.23. The zero-order valence-corrected chi connectivity index (χ0v) is 14.9. The van der Waals surface area contributed by atoms with Crippen LogP contribution in [-0.4, -0.2) is 37.4 Å². The van der Waals surface area contributed by atoms with E-state index in [1.165, 1.54) is 17.5 Å². The summed E-state index contributed by atoms with van der Waals surface area (Å²) in [6.07, 6.45) is 1.23. The number of aromatic nitrogens is 5. The maximum atomic E-state index is 12.5. The van der Waals surface area contributed by atoms with Gasteiger partial charge in [-0.25, -0.2) is 4.79 Å². The normalized spacial score (nSPS) is 11.0. The van der Waals surface area contributed by atoms with Crippen molar-refractivity contribution in [1.82, 2.24) is 24.8 Å². The second-order valence-electron chi connectivity index (χ2n) is 5.51. The molecule has 3 aromatic heterocycles. The van der Waals surface area contributed by atoms with Crippen LogP contribution in [0.4, 0.5) is 0 Å². The molecule has 0 fully saturated rings. The predicted molar refractivity (Wildman–Crippen MR) is 98.9 cm³/mol. The highest BCUT2D eigenvalue weighted by Gasteiger charge is 2.21. The van der Waals surface area contributed by atoms with Gasteiger partial charge in [-0.15, -0.1) is 10.2 Å². The molecule has 4 aromatic rings. The van der Waals surface area contributed by atoms with E-state index < -0.39 is 17.1 Å². The van der Waals surface area contributed by atoms with Crippen LogP contribution in [0, 0.1) is 0 Å². The average Bonchev–Trinajstić information content (AvgIpc) is 3.27. The van der Waals surface area contributed by atoms with Crippen LogP contribution in [0.25, 0.3) is 26.8 Å². The Hall–Kier alpha value is -3.53. The van der Waals surface area contributed by atoms with E-state index in [9.17, 15) is 14.4 Å². The van der Waals surface area contributed by atoms with Gasteiger partial charge in [0, 0.05) is 11.8 Å². The van der Waals surface area contributed by atoms with Crippen molar-refractivity contribution in [2.24, 2.45) is 0 Å². The molecule has 0 saturated heterocycles. The summed E-state index contributed by atoms with van der Waals surface area (Å²) in [5.41, 5.74) is -0.141. The lowest BCUT2D eigenvalue weighted by Gasteiger charge is -2.02. The van der Waals surface area contributed by atoms with E-state index in [2.05, 4.69) is 20.3 Å². The topological polar surface area (TPSA) is 122 Å². The van der Waals surface area contributed by atoms with Crippen LogP contribution < -0.4 is 11.1 Å². The molecule has 4 rings (SSSR count). The summed E-state index contributed by atoms with van der Waals surface area (Å²) in [7, 11) is 0. The highest BCUT2D eigenvalue weighted by atomic mass is 32.1. The lowest BCUT2D eigenvalue weighted by atomic mass is 10.2. The first-order chi connectivity index (χ1) is 13.1. The predicted octanol–water partition coefficient (Wildman–Crippen LogP) is 1.68. The number of ether oxygens (including phenoxy) is 1. The molecule has 0 saturated carbocycles. The first-order valence-corrected chi connectivity index (χ1v) is 8.84. The number of H-pyrrole nitrogens is 2. The average molecular weight is 383 g/mol. The number of carbonyl (C=O) groups is 1. The molecule has 3 heterocycles. The molecular formula is C17H13N5O4S. The fourth-order valence-corrected chi connectivity index (χ4v) is 3.51. The summed E-state index contributed by atoms with van der Waals surface area (Å²) in [5.74, 6) is -0.765. The standard InChI is InChI=1S/C17H13N5O4S/c1-2-26-17(25)10-8-18-12-11(13(23)21-22(12)16(10)24)15-20-19-14(27-15)9-6-4-3-5-7-9/h3-8,18H,2H2,1H3,(H,21,23). The van der Waals surface area contributed by atoms with Crippen LogP contribution in [0.3, 0.4) is 0 Å². The number of nitrogens with zero attached hydrogens (tertiary/aromatic N) is 3. The zero-order valence-electron chi connectivity index (χ0n) is 14.1. The molecule has 10 heteroatoms. The van der Waals surface area contributed by atoms with Gasteiger partial charge in [-0.2, -0.15) is 4.52 Å². The molecule has 9 nitrogen and oxygen atoms in total. The van der Waals surface area contributed by atoms with Crippen molar-refractivity contribution in [3.05, 3.63) is 62.8 Å². The minimum atomic E-state index is -0.765. The number of hydrogen-bond donors (Lipinski definition) is 2. The van der Waals surface area contributed by atoms with Gasteiger partial charge in [-0.1, -0.05) is 41.7 Å². The van der Waals surface area contributed by atoms with Gasteiger partial charge in [0.25, 0.3) is 11.1 Å². The van der Waals surface area contributed by atoms with Crippen LogP contribution in [0.15, 0.2) is 46.1 Å². The number of aromatic amines is 2. The van der Waals surface area contributed by atoms with Gasteiger partial charge in [-0.05, 0) is 6.92 Å². The molecule has 0 atom stereocenters. The van der Waals surface area contributed by atoms with Gasteiger partial charge in [0.1, 0.15) is 21.8 Å². The Kier molecular flexibility index (Phi) is 4.16. The van der Waals surface area contributed by atoms with Crippen molar-refractivity contribution in [1.29, 1.82) is 0 Å². The van der Waals surface area contributed by atoms with Crippen molar-refractivity contribution in [3.63, 3.8) is 0 Å². The number of benzene rings is 1. The summed E-state index contributed by atoms with van der Waals surface area (Å²) in [6.45, 7) is 1.77. The third kappa shape index (κ3) is 2.85. The number of fused-ring (bicyclic) bond motifs is 1. The Morgan fingerprint density at radius 1 is 1.19 bits per heavy atom. The van der Waals surface area contributed by atoms with Crippen molar-refractivity contribution in [2.45, 2.75) is 6.92 Å². The highest BCUT2D eigenvalue weighted by Crippen LogP contribution is 2.29. The van der Waals surface area contributed by atoms with Crippen molar-refractivity contribution < 1.29 is 9.53 Å². The van der Waals surface area contributed by atoms with Crippen molar-refractivity contribution >= 4 is 23.0 Å². The molecule has 0 aliphatic carbocycles. The lowest BCUT2D eigenvalue weighted by molar-refractivity contribution is 0.0523. The maximum Gasteiger partial charge on any atom is 0.345 e. The smallest absolute Gasteiger partial charge is 0.345 e. The van der Waals surface area contributed by atoms with Crippen LogP contribution in [0.1, 0.15) is 17.3 Å². The SMILES string of the molecule is CCOC(=O)c1c[nH]c2c(-c3nnc(-c4ccccc4)s3)c(=O)[nH]n2c1=O. The minimum absolute atomic E-state index is 0.136. The van der Waals surface area contributed by atoms with E-state index in [0.717, 1.165) is 10.1 Å². The Morgan fingerprint density at radius 3 is 2.67 bits per heavy atom. The molecule has 1 aromatic carbocycles. The van der Waals surface area contributed by atoms with E-state index >= 15 is 0 Å². The van der Waals surface area contributed by atoms with E-state index in [4.69, 9.17) is 4.74 Å². The molecule has 0 aliphatic rings. The zero-order chi connectivity index (χ0) is 19.0. The molecular weight excluding hydrogens is 370 g/mol. The third-order valence-electron chi connectivity index (χ3n) is 3.84. The molecule has 0 bridgehead atoms. The van der Waals surface area contributed by atoms with Gasteiger partial charge in [0.15, 0.2) is 5.01 Å². The van der Waals surface area contributed by atoms with Gasteiger partial charge in [0.2, 0.25) is 0 Å². The van der Waals surface area contributed by atoms with Crippen LogP contribution in [0.2, 0.25) is 0 Å². The number of esters is 1. The van der Waals surface area contributed by atoms with Crippen molar-refractivity contribution in [3.8, 4) is 21.1 Å². The number of nitrogens with one attached hydrogen (secondary N) is 2. The number of rotatable bonds is 4. The molecule has 0 unspecified atom stereocenters. The summed E-state index contributed by atoms with van der Waals surface area (Å²) in [5, 5.41) is 11.6. The van der Waals surface area contributed by atoms with Gasteiger partial charge < -0.3 is 9.72 Å². The number of hydrogen-bond acceptors (Lipinski definition) is 7. The monoisotopic (exact) mass is 383 g/mol. The second kappa shape index (κ2) is 6.65. The third-order valence-corrected chi connectivity index (χ3v) is 4.83. The van der Waals surface area contributed by atoms with E-state index in [-0.39, 0.29) is 23.4 Å². The minimum Gasteiger partial charge on any atom is -0.462 e. The largest absolute Gasteiger partial charge is 0.462 e. The Labute approximate surface area is 155 Å². The van der Waals surface area contributed by atoms with Crippen LogP contribution >= 0.6 is 11.3 Å². The first-order valence-electron chi connectivity index (χ1n) is 8.03. The Morgan fingerprint density at radius 2 is 1.93 bits per heavy atom. The summed E-state index contributed by atoms with van der Waals surface area (Å²) < 4.78 is 5.83. The molecule has 0 radical (unpaired) electrons. The summed E-state index contributed by atoms with van der Waals surface area (Å²) in [4.78, 5) is 39.6. The Bertz CT molecular complexity index is 1250. The molecule has 0 amide bonds. The molecule has 0 spiro atoms. The molecule has 2 N–H and O–H groups in total. The van der Waals surface area contributed by atoms with E-state index in [0.29, 0.717) is 10.0 Å². The Balaban J connectivity index is 1.84. The van der Waals surface area contributed by atoms with Crippen molar-refractivity contribution in [2.75, 3.05) is 6.61 Å².